The number of hydrogen-bond donors (Lipinski definition) is 2. The van der Waals surface area contributed by atoms with Crippen LogP contribution in [-0.2, 0) is 16.6 Å². The normalized spacial score (nSPS) is 10.9. The minimum Gasteiger partial charge on any atom is -0.316 e. The molecule has 0 unspecified atom stereocenters. The zero-order valence-electron chi connectivity index (χ0n) is 11.5. The Balaban J connectivity index is 2.24. The van der Waals surface area contributed by atoms with Crippen LogP contribution in [-0.4, -0.2) is 15.5 Å². The summed E-state index contributed by atoms with van der Waals surface area (Å²) in [6.07, 6.45) is 0. The minimum absolute atomic E-state index is 0.125. The monoisotopic (exact) mass is 301 g/mol. The van der Waals surface area contributed by atoms with E-state index in [9.17, 15) is 8.42 Å². The van der Waals surface area contributed by atoms with Crippen LogP contribution in [0.2, 0.25) is 0 Å². The van der Waals surface area contributed by atoms with Crippen molar-refractivity contribution in [1.29, 1.82) is 5.26 Å². The molecule has 2 aromatic rings. The van der Waals surface area contributed by atoms with Crippen LogP contribution in [0.1, 0.15) is 11.1 Å². The summed E-state index contributed by atoms with van der Waals surface area (Å²) in [5.41, 5.74) is 1.91. The van der Waals surface area contributed by atoms with Crippen LogP contribution in [0.4, 0.5) is 5.69 Å². The van der Waals surface area contributed by atoms with Gasteiger partial charge in [-0.2, -0.15) is 5.26 Å². The molecular weight excluding hydrogens is 286 g/mol. The van der Waals surface area contributed by atoms with Gasteiger partial charge >= 0.3 is 0 Å². The van der Waals surface area contributed by atoms with Crippen molar-refractivity contribution in [2.75, 3.05) is 11.8 Å². The zero-order valence-corrected chi connectivity index (χ0v) is 12.3. The number of hydrogen-bond acceptors (Lipinski definition) is 4. The number of sulfonamides is 1. The quantitative estimate of drug-likeness (QED) is 0.886. The molecule has 21 heavy (non-hydrogen) atoms. The van der Waals surface area contributed by atoms with Gasteiger partial charge in [-0.05, 0) is 49.0 Å². The number of anilines is 1. The fourth-order valence-corrected chi connectivity index (χ4v) is 2.92. The van der Waals surface area contributed by atoms with Crippen molar-refractivity contribution in [3.8, 4) is 6.07 Å². The molecule has 0 bridgehead atoms. The SMILES string of the molecule is CNCc1cccc(NS(=O)(=O)c2ccc(C#N)cc2)c1. The van der Waals surface area contributed by atoms with E-state index in [4.69, 9.17) is 5.26 Å². The highest BCUT2D eigenvalue weighted by atomic mass is 32.2. The molecule has 0 fully saturated rings. The molecule has 0 aromatic heterocycles. The molecule has 0 aliphatic heterocycles. The van der Waals surface area contributed by atoms with Crippen LogP contribution in [0.5, 0.6) is 0 Å². The molecule has 2 N–H and O–H groups in total. The number of nitriles is 1. The van der Waals surface area contributed by atoms with Crippen molar-refractivity contribution in [3.63, 3.8) is 0 Å². The van der Waals surface area contributed by atoms with Gasteiger partial charge in [0.05, 0.1) is 16.5 Å². The summed E-state index contributed by atoms with van der Waals surface area (Å²) >= 11 is 0. The van der Waals surface area contributed by atoms with Crippen LogP contribution >= 0.6 is 0 Å². The summed E-state index contributed by atoms with van der Waals surface area (Å²) in [5.74, 6) is 0. The molecule has 2 rings (SSSR count). The molecule has 108 valence electrons. The minimum atomic E-state index is -3.65. The van der Waals surface area contributed by atoms with Crippen LogP contribution in [0, 0.1) is 11.3 Å². The van der Waals surface area contributed by atoms with Crippen molar-refractivity contribution in [2.24, 2.45) is 0 Å². The van der Waals surface area contributed by atoms with E-state index in [2.05, 4.69) is 10.0 Å². The van der Waals surface area contributed by atoms with E-state index in [1.807, 2.05) is 19.2 Å². The van der Waals surface area contributed by atoms with E-state index in [1.54, 1.807) is 18.2 Å². The second kappa shape index (κ2) is 6.39. The standard InChI is InChI=1S/C15H15N3O2S/c1-17-11-13-3-2-4-14(9-13)18-21(19,20)15-7-5-12(10-16)6-8-15/h2-9,17-18H,11H2,1H3. The van der Waals surface area contributed by atoms with Crippen LogP contribution in [0.3, 0.4) is 0 Å². The van der Waals surface area contributed by atoms with E-state index in [0.717, 1.165) is 5.56 Å². The Morgan fingerprint density at radius 3 is 2.48 bits per heavy atom. The van der Waals surface area contributed by atoms with E-state index >= 15 is 0 Å². The maximum absolute atomic E-state index is 12.3. The molecule has 0 aliphatic rings. The molecule has 2 aromatic carbocycles. The van der Waals surface area contributed by atoms with E-state index in [1.165, 1.54) is 24.3 Å². The van der Waals surface area contributed by atoms with Crippen molar-refractivity contribution in [2.45, 2.75) is 11.4 Å². The third kappa shape index (κ3) is 3.81. The maximum atomic E-state index is 12.3. The largest absolute Gasteiger partial charge is 0.316 e. The first-order valence-corrected chi connectivity index (χ1v) is 7.80. The Labute approximate surface area is 124 Å². The molecule has 0 atom stereocenters. The Hall–Kier alpha value is -2.36. The summed E-state index contributed by atoms with van der Waals surface area (Å²) in [6, 6.07) is 14.9. The van der Waals surface area contributed by atoms with E-state index < -0.39 is 10.0 Å². The molecular formula is C15H15N3O2S. The van der Waals surface area contributed by atoms with Gasteiger partial charge in [0, 0.05) is 12.2 Å². The number of rotatable bonds is 5. The average Bonchev–Trinajstić information content (AvgIpc) is 2.47. The van der Waals surface area contributed by atoms with Gasteiger partial charge in [0.1, 0.15) is 0 Å². The number of benzene rings is 2. The van der Waals surface area contributed by atoms with Crippen LogP contribution in [0.15, 0.2) is 53.4 Å². The lowest BCUT2D eigenvalue weighted by atomic mass is 10.2. The Morgan fingerprint density at radius 1 is 1.14 bits per heavy atom. The second-order valence-electron chi connectivity index (χ2n) is 4.47. The third-order valence-corrected chi connectivity index (χ3v) is 4.25. The molecule has 6 heteroatoms. The highest BCUT2D eigenvalue weighted by Gasteiger charge is 2.14. The molecule has 0 heterocycles. The number of nitrogens with zero attached hydrogens (tertiary/aromatic N) is 1. The zero-order chi connectivity index (χ0) is 15.3. The van der Waals surface area contributed by atoms with Crippen molar-refractivity contribution >= 4 is 15.7 Å². The summed E-state index contributed by atoms with van der Waals surface area (Å²) in [4.78, 5) is 0.125. The van der Waals surface area contributed by atoms with Crippen LogP contribution in [0.25, 0.3) is 0 Å². The Morgan fingerprint density at radius 2 is 1.86 bits per heavy atom. The lowest BCUT2D eigenvalue weighted by molar-refractivity contribution is 0.601. The van der Waals surface area contributed by atoms with Gasteiger partial charge in [-0.15, -0.1) is 0 Å². The maximum Gasteiger partial charge on any atom is 0.261 e. The summed E-state index contributed by atoms with van der Waals surface area (Å²) in [7, 11) is -1.82. The van der Waals surface area contributed by atoms with Gasteiger partial charge < -0.3 is 5.32 Å². The highest BCUT2D eigenvalue weighted by molar-refractivity contribution is 7.92. The average molecular weight is 301 g/mol. The van der Waals surface area contributed by atoms with Gasteiger partial charge in [0.2, 0.25) is 0 Å². The molecule has 0 radical (unpaired) electrons. The molecule has 0 saturated heterocycles. The fourth-order valence-electron chi connectivity index (χ4n) is 1.87. The van der Waals surface area contributed by atoms with Crippen LogP contribution < -0.4 is 10.0 Å². The van der Waals surface area contributed by atoms with Gasteiger partial charge in [0.25, 0.3) is 10.0 Å². The molecule has 0 aliphatic carbocycles. The first-order chi connectivity index (χ1) is 10.0. The second-order valence-corrected chi connectivity index (χ2v) is 6.15. The number of nitrogens with one attached hydrogen (secondary N) is 2. The summed E-state index contributed by atoms with van der Waals surface area (Å²) in [5, 5.41) is 11.7. The third-order valence-electron chi connectivity index (χ3n) is 2.85. The lowest BCUT2D eigenvalue weighted by Crippen LogP contribution is -2.13. The first kappa shape index (κ1) is 15.0. The summed E-state index contributed by atoms with van der Waals surface area (Å²) in [6.45, 7) is 0.659. The Bertz CT molecular complexity index is 762. The Kier molecular flexibility index (Phi) is 4.58. The van der Waals surface area contributed by atoms with Crippen molar-refractivity contribution in [3.05, 3.63) is 59.7 Å². The van der Waals surface area contributed by atoms with E-state index in [0.29, 0.717) is 17.8 Å². The van der Waals surface area contributed by atoms with Gasteiger partial charge in [0.15, 0.2) is 0 Å². The summed E-state index contributed by atoms with van der Waals surface area (Å²) < 4.78 is 27.1. The van der Waals surface area contributed by atoms with Gasteiger partial charge in [-0.3, -0.25) is 4.72 Å². The smallest absolute Gasteiger partial charge is 0.261 e. The molecule has 0 saturated carbocycles. The topological polar surface area (TPSA) is 82.0 Å². The van der Waals surface area contributed by atoms with Gasteiger partial charge in [-0.25, -0.2) is 8.42 Å². The molecule has 5 nitrogen and oxygen atoms in total. The lowest BCUT2D eigenvalue weighted by Gasteiger charge is -2.09. The van der Waals surface area contributed by atoms with Crippen molar-refractivity contribution in [1.82, 2.24) is 5.32 Å². The van der Waals surface area contributed by atoms with Gasteiger partial charge in [-0.1, -0.05) is 12.1 Å². The molecule has 0 spiro atoms. The highest BCUT2D eigenvalue weighted by Crippen LogP contribution is 2.17. The first-order valence-electron chi connectivity index (χ1n) is 6.32. The molecule has 0 amide bonds. The predicted molar refractivity (Wildman–Crippen MR) is 81.2 cm³/mol. The van der Waals surface area contributed by atoms with Crippen molar-refractivity contribution < 1.29 is 8.42 Å². The van der Waals surface area contributed by atoms with E-state index in [-0.39, 0.29) is 4.90 Å². The predicted octanol–water partition coefficient (Wildman–Crippen LogP) is 2.08. The fraction of sp³-hybridized carbons (Fsp3) is 0.133.